The molecule has 3 rings (SSSR count). The van der Waals surface area contributed by atoms with Crippen molar-refractivity contribution in [2.45, 2.75) is 70.3 Å². The lowest BCUT2D eigenvalue weighted by molar-refractivity contribution is 0.173. The van der Waals surface area contributed by atoms with Gasteiger partial charge in [0, 0.05) is 31.0 Å². The van der Waals surface area contributed by atoms with Gasteiger partial charge in [-0.1, -0.05) is 26.7 Å². The molecule has 2 amide bonds. The van der Waals surface area contributed by atoms with Gasteiger partial charge in [0.05, 0.1) is 0 Å². The molecule has 0 atom stereocenters. The molecule has 1 aromatic heterocycles. The van der Waals surface area contributed by atoms with Crippen molar-refractivity contribution in [2.24, 2.45) is 0 Å². The van der Waals surface area contributed by atoms with Gasteiger partial charge in [0.15, 0.2) is 0 Å². The Morgan fingerprint density at radius 3 is 2.45 bits per heavy atom. The molecule has 0 radical (unpaired) electrons. The Balaban J connectivity index is 1.49. The van der Waals surface area contributed by atoms with Crippen molar-refractivity contribution in [3.63, 3.8) is 0 Å². The summed E-state index contributed by atoms with van der Waals surface area (Å²) in [5.74, 6) is 1.99. The van der Waals surface area contributed by atoms with Gasteiger partial charge in [0.25, 0.3) is 0 Å². The summed E-state index contributed by atoms with van der Waals surface area (Å²) in [6.45, 7) is 5.63. The van der Waals surface area contributed by atoms with Gasteiger partial charge < -0.3 is 14.6 Å². The zero-order valence-electron chi connectivity index (χ0n) is 13.5. The molecule has 0 aromatic carbocycles. The van der Waals surface area contributed by atoms with Crippen molar-refractivity contribution < 1.29 is 9.21 Å². The van der Waals surface area contributed by atoms with Crippen LogP contribution >= 0.6 is 0 Å². The van der Waals surface area contributed by atoms with Crippen molar-refractivity contribution in [3.05, 3.63) is 11.8 Å². The second-order valence-electron chi connectivity index (χ2n) is 6.83. The van der Waals surface area contributed by atoms with E-state index in [2.05, 4.69) is 15.5 Å². The largest absolute Gasteiger partial charge is 0.425 e. The van der Waals surface area contributed by atoms with E-state index in [1.165, 1.54) is 12.8 Å². The Bertz CT molecular complexity index is 500. The number of hydrogen-bond donors (Lipinski definition) is 1. The molecule has 6 nitrogen and oxygen atoms in total. The number of carbonyl (C=O) groups excluding carboxylic acids is 1. The fourth-order valence-electron chi connectivity index (χ4n) is 3.31. The highest BCUT2D eigenvalue weighted by Crippen LogP contribution is 2.28. The summed E-state index contributed by atoms with van der Waals surface area (Å²) in [4.78, 5) is 14.2. The number of aromatic nitrogens is 2. The van der Waals surface area contributed by atoms with Crippen LogP contribution in [0.2, 0.25) is 0 Å². The molecule has 1 aliphatic heterocycles. The van der Waals surface area contributed by atoms with Crippen LogP contribution in [0.5, 0.6) is 0 Å². The maximum absolute atomic E-state index is 12.3. The first kappa shape index (κ1) is 15.3. The predicted molar refractivity (Wildman–Crippen MR) is 82.7 cm³/mol. The molecule has 2 aliphatic rings. The Hall–Kier alpha value is -1.59. The zero-order chi connectivity index (χ0) is 15.5. The molecule has 0 bridgehead atoms. The Morgan fingerprint density at radius 2 is 1.86 bits per heavy atom. The lowest BCUT2D eigenvalue weighted by Crippen LogP contribution is -2.47. The molecule has 1 N–H and O–H groups in total. The summed E-state index contributed by atoms with van der Waals surface area (Å²) in [7, 11) is 0. The molecule has 22 heavy (non-hydrogen) atoms. The molecule has 2 heterocycles. The topological polar surface area (TPSA) is 71.3 Å². The number of carbonyl (C=O) groups is 1. The van der Waals surface area contributed by atoms with Crippen LogP contribution in [0, 0.1) is 0 Å². The normalized spacial score (nSPS) is 20.8. The Kier molecular flexibility index (Phi) is 4.64. The number of nitrogens with zero attached hydrogens (tertiary/aromatic N) is 3. The fraction of sp³-hybridized carbons (Fsp3) is 0.812. The van der Waals surface area contributed by atoms with E-state index in [-0.39, 0.29) is 17.9 Å². The average Bonchev–Trinajstić information content (AvgIpc) is 3.18. The van der Waals surface area contributed by atoms with Crippen LogP contribution in [-0.2, 0) is 0 Å². The lowest BCUT2D eigenvalue weighted by atomic mass is 9.97. The molecular formula is C16H26N4O2. The van der Waals surface area contributed by atoms with Gasteiger partial charge >= 0.3 is 6.03 Å². The third kappa shape index (κ3) is 3.42. The molecule has 0 unspecified atom stereocenters. The van der Waals surface area contributed by atoms with Gasteiger partial charge in [-0.25, -0.2) is 4.79 Å². The maximum Gasteiger partial charge on any atom is 0.317 e. The number of urea groups is 1. The van der Waals surface area contributed by atoms with Gasteiger partial charge in [-0.3, -0.25) is 0 Å². The van der Waals surface area contributed by atoms with E-state index in [9.17, 15) is 4.79 Å². The molecule has 1 saturated heterocycles. The average molecular weight is 306 g/mol. The predicted octanol–water partition coefficient (Wildman–Crippen LogP) is 3.02. The molecular weight excluding hydrogens is 280 g/mol. The minimum Gasteiger partial charge on any atom is -0.425 e. The van der Waals surface area contributed by atoms with E-state index in [1.807, 2.05) is 18.7 Å². The summed E-state index contributed by atoms with van der Waals surface area (Å²) < 4.78 is 5.75. The smallest absolute Gasteiger partial charge is 0.317 e. The first-order chi connectivity index (χ1) is 10.6. The maximum atomic E-state index is 12.3. The van der Waals surface area contributed by atoms with E-state index < -0.39 is 0 Å². The molecule has 1 saturated carbocycles. The minimum atomic E-state index is 0.0961. The molecule has 1 aliphatic carbocycles. The number of piperidine rings is 1. The van der Waals surface area contributed by atoms with Crippen molar-refractivity contribution in [3.8, 4) is 0 Å². The van der Waals surface area contributed by atoms with Gasteiger partial charge in [-0.15, -0.1) is 10.2 Å². The molecule has 122 valence electrons. The summed E-state index contributed by atoms with van der Waals surface area (Å²) >= 11 is 0. The number of nitrogens with one attached hydrogen (secondary N) is 1. The van der Waals surface area contributed by atoms with Crippen molar-refractivity contribution in [1.82, 2.24) is 20.4 Å². The second kappa shape index (κ2) is 6.67. The highest BCUT2D eigenvalue weighted by molar-refractivity contribution is 5.74. The van der Waals surface area contributed by atoms with Crippen molar-refractivity contribution in [2.75, 3.05) is 13.1 Å². The van der Waals surface area contributed by atoms with Gasteiger partial charge in [0.2, 0.25) is 11.8 Å². The van der Waals surface area contributed by atoms with Crippen LogP contribution in [0.3, 0.4) is 0 Å². The summed E-state index contributed by atoms with van der Waals surface area (Å²) in [6.07, 6.45) is 6.53. The Labute approximate surface area is 131 Å². The number of likely N-dealkylation sites (tertiary alicyclic amines) is 1. The van der Waals surface area contributed by atoms with Crippen molar-refractivity contribution in [1.29, 1.82) is 0 Å². The summed E-state index contributed by atoms with van der Waals surface area (Å²) in [6, 6.07) is 0.480. The molecule has 0 spiro atoms. The van der Waals surface area contributed by atoms with E-state index >= 15 is 0 Å². The third-order valence-corrected chi connectivity index (χ3v) is 4.76. The molecule has 2 fully saturated rings. The molecule has 6 heteroatoms. The summed E-state index contributed by atoms with van der Waals surface area (Å²) in [5, 5.41) is 11.4. The first-order valence-electron chi connectivity index (χ1n) is 8.52. The molecule has 1 aromatic rings. The van der Waals surface area contributed by atoms with Gasteiger partial charge in [-0.2, -0.15) is 0 Å². The number of hydrogen-bond acceptors (Lipinski definition) is 4. The van der Waals surface area contributed by atoms with E-state index in [0.29, 0.717) is 11.9 Å². The van der Waals surface area contributed by atoms with E-state index in [1.54, 1.807) is 0 Å². The zero-order valence-corrected chi connectivity index (χ0v) is 13.5. The van der Waals surface area contributed by atoms with Gasteiger partial charge in [0.1, 0.15) is 0 Å². The standard InChI is InChI=1S/C16H26N4O2/c1-11(2)14-18-19-15(22-14)12-7-9-20(10-8-12)16(21)17-13-5-3-4-6-13/h11-13H,3-10H2,1-2H3,(H,17,21). The Morgan fingerprint density at radius 1 is 1.18 bits per heavy atom. The van der Waals surface area contributed by atoms with Crippen LogP contribution in [-0.4, -0.2) is 40.3 Å². The quantitative estimate of drug-likeness (QED) is 0.931. The van der Waals surface area contributed by atoms with E-state index in [4.69, 9.17) is 4.42 Å². The number of amides is 2. The number of rotatable bonds is 3. The van der Waals surface area contributed by atoms with E-state index in [0.717, 1.165) is 44.7 Å². The third-order valence-electron chi connectivity index (χ3n) is 4.76. The SMILES string of the molecule is CC(C)c1nnc(C2CCN(C(=O)NC3CCCC3)CC2)o1. The monoisotopic (exact) mass is 306 g/mol. The van der Waals surface area contributed by atoms with Crippen LogP contribution in [0.15, 0.2) is 4.42 Å². The summed E-state index contributed by atoms with van der Waals surface area (Å²) in [5.41, 5.74) is 0. The van der Waals surface area contributed by atoms with Crippen LogP contribution in [0.4, 0.5) is 4.79 Å². The minimum absolute atomic E-state index is 0.0961. The second-order valence-corrected chi connectivity index (χ2v) is 6.83. The van der Waals surface area contributed by atoms with Crippen LogP contribution in [0.1, 0.15) is 76.0 Å². The fourth-order valence-corrected chi connectivity index (χ4v) is 3.31. The van der Waals surface area contributed by atoms with Crippen LogP contribution < -0.4 is 5.32 Å². The first-order valence-corrected chi connectivity index (χ1v) is 8.52. The van der Waals surface area contributed by atoms with Gasteiger partial charge in [-0.05, 0) is 25.7 Å². The highest BCUT2D eigenvalue weighted by Gasteiger charge is 2.28. The lowest BCUT2D eigenvalue weighted by Gasteiger charge is -2.31. The van der Waals surface area contributed by atoms with Crippen molar-refractivity contribution >= 4 is 6.03 Å². The highest BCUT2D eigenvalue weighted by atomic mass is 16.4. The van der Waals surface area contributed by atoms with Crippen LogP contribution in [0.25, 0.3) is 0 Å².